The van der Waals surface area contributed by atoms with Crippen LogP contribution in [0.5, 0.6) is 0 Å². The van der Waals surface area contributed by atoms with Gasteiger partial charge in [-0.15, -0.1) is 0 Å². The molecule has 4 N–H and O–H groups in total. The lowest BCUT2D eigenvalue weighted by Crippen LogP contribution is -2.15. The van der Waals surface area contributed by atoms with Crippen molar-refractivity contribution < 1.29 is 18.0 Å². The fourth-order valence-corrected chi connectivity index (χ4v) is 2.81. The van der Waals surface area contributed by atoms with Crippen LogP contribution in [0.15, 0.2) is 29.3 Å². The van der Waals surface area contributed by atoms with Gasteiger partial charge >= 0.3 is 6.18 Å². The van der Waals surface area contributed by atoms with Crippen LogP contribution < -0.4 is 11.2 Å². The Labute approximate surface area is 146 Å². The van der Waals surface area contributed by atoms with Gasteiger partial charge in [-0.2, -0.15) is 18.3 Å². The maximum absolute atomic E-state index is 13.6. The van der Waals surface area contributed by atoms with Gasteiger partial charge in [-0.05, 0) is 31.5 Å². The second kappa shape index (κ2) is 6.71. The highest BCUT2D eigenvalue weighted by Gasteiger charge is 2.38. The maximum atomic E-state index is 13.6. The van der Waals surface area contributed by atoms with Gasteiger partial charge in [-0.1, -0.05) is 0 Å². The predicted molar refractivity (Wildman–Crippen MR) is 88.0 cm³/mol. The van der Waals surface area contributed by atoms with Crippen LogP contribution >= 0.6 is 0 Å². The van der Waals surface area contributed by atoms with E-state index >= 15 is 0 Å². The quantitative estimate of drug-likeness (QED) is 0.715. The third-order valence-corrected chi connectivity index (χ3v) is 3.89. The van der Waals surface area contributed by atoms with Gasteiger partial charge in [0.15, 0.2) is 0 Å². The van der Waals surface area contributed by atoms with Gasteiger partial charge in [0.05, 0.1) is 23.0 Å². The molecule has 0 spiro atoms. The number of hydrogen-bond acceptors (Lipinski definition) is 5. The Bertz CT molecular complexity index is 899. The first-order valence-corrected chi connectivity index (χ1v) is 7.68. The van der Waals surface area contributed by atoms with Crippen LogP contribution in [0, 0.1) is 6.92 Å². The number of nitrogens with zero attached hydrogens (tertiary/aromatic N) is 3. The molecule has 3 heterocycles. The lowest BCUT2D eigenvalue weighted by Gasteiger charge is -2.10. The molecule has 0 atom stereocenters. The van der Waals surface area contributed by atoms with Gasteiger partial charge in [0, 0.05) is 18.1 Å². The van der Waals surface area contributed by atoms with E-state index in [1.807, 2.05) is 0 Å². The number of aryl methyl sites for hydroxylation is 1. The van der Waals surface area contributed by atoms with Crippen molar-refractivity contribution in [2.45, 2.75) is 19.5 Å². The minimum absolute atomic E-state index is 0.0310. The van der Waals surface area contributed by atoms with Crippen molar-refractivity contribution in [3.05, 3.63) is 52.4 Å². The van der Waals surface area contributed by atoms with Crippen molar-refractivity contribution in [3.8, 4) is 0 Å². The highest BCUT2D eigenvalue weighted by molar-refractivity contribution is 6.32. The summed E-state index contributed by atoms with van der Waals surface area (Å²) in [6, 6.07) is 0. The lowest BCUT2D eigenvalue weighted by atomic mass is 10.0. The van der Waals surface area contributed by atoms with E-state index in [0.29, 0.717) is 5.69 Å². The average molecular weight is 364 g/mol. The Morgan fingerprint density at radius 1 is 1.31 bits per heavy atom. The highest BCUT2D eigenvalue weighted by atomic mass is 19.4. The lowest BCUT2D eigenvalue weighted by molar-refractivity contribution is -0.138. The van der Waals surface area contributed by atoms with E-state index in [0.717, 1.165) is 6.08 Å². The normalized spacial score (nSPS) is 16.1. The number of amides is 1. The topological polar surface area (TPSA) is 109 Å². The molecule has 1 amide bonds. The maximum Gasteiger partial charge on any atom is 0.418 e. The number of carbonyl (C=O) groups is 1. The van der Waals surface area contributed by atoms with E-state index < -0.39 is 17.6 Å². The van der Waals surface area contributed by atoms with Crippen LogP contribution in [0.4, 0.5) is 13.2 Å². The molecule has 7 nitrogen and oxygen atoms in total. The molecule has 0 bridgehead atoms. The smallest absolute Gasteiger partial charge is 0.358 e. The highest BCUT2D eigenvalue weighted by Crippen LogP contribution is 2.37. The first-order valence-electron chi connectivity index (χ1n) is 7.68. The molecule has 0 aliphatic carbocycles. The molecule has 136 valence electrons. The van der Waals surface area contributed by atoms with E-state index in [4.69, 9.17) is 5.73 Å². The summed E-state index contributed by atoms with van der Waals surface area (Å²) >= 11 is 0. The van der Waals surface area contributed by atoms with Crippen molar-refractivity contribution >= 4 is 17.7 Å². The molecule has 0 radical (unpaired) electrons. The van der Waals surface area contributed by atoms with Crippen molar-refractivity contribution in [3.63, 3.8) is 0 Å². The molecule has 0 saturated heterocycles. The first-order chi connectivity index (χ1) is 12.3. The zero-order valence-electron chi connectivity index (χ0n) is 13.7. The summed E-state index contributed by atoms with van der Waals surface area (Å²) in [5, 5.41) is 3.85. The van der Waals surface area contributed by atoms with Gasteiger partial charge in [-0.3, -0.25) is 14.8 Å². The molecule has 1 aliphatic heterocycles. The molecule has 0 saturated carbocycles. The Kier molecular flexibility index (Phi) is 4.60. The number of nitrogens with one attached hydrogen (secondary N) is 2. The zero-order valence-corrected chi connectivity index (χ0v) is 13.7. The van der Waals surface area contributed by atoms with Crippen LogP contribution in [0.3, 0.4) is 0 Å². The summed E-state index contributed by atoms with van der Waals surface area (Å²) in [7, 11) is 0. The third-order valence-electron chi connectivity index (χ3n) is 3.89. The van der Waals surface area contributed by atoms with Crippen LogP contribution in [0.2, 0.25) is 0 Å². The van der Waals surface area contributed by atoms with Crippen molar-refractivity contribution in [1.82, 2.24) is 20.4 Å². The van der Waals surface area contributed by atoms with Gasteiger partial charge in [0.25, 0.3) is 5.91 Å². The second-order valence-corrected chi connectivity index (χ2v) is 5.60. The van der Waals surface area contributed by atoms with E-state index in [2.05, 4.69) is 25.5 Å². The summed E-state index contributed by atoms with van der Waals surface area (Å²) in [4.78, 5) is 22.7. The number of hydrazone groups is 1. The van der Waals surface area contributed by atoms with E-state index in [-0.39, 0.29) is 41.2 Å². The number of nitrogens with two attached hydrogens (primary N) is 1. The van der Waals surface area contributed by atoms with Crippen molar-refractivity contribution in [1.29, 1.82) is 0 Å². The standard InChI is InChI=1S/C16H15F3N6O/c1-8-9(2-3-20)13(16(17,18)19)11(23-8)6-10-14(24-25-15(10)26)12-7-21-4-5-22-12/h4-7,23H,2-3,20H2,1H3,(H,25,26)/b10-6+. The SMILES string of the molecule is Cc1[nH]c(/C=C2/C(=O)NN=C2c2cnccn2)c(C(F)(F)F)c1CCN. The number of aromatic amines is 1. The number of carbonyl (C=O) groups excluding carboxylic acids is 1. The van der Waals surface area contributed by atoms with Gasteiger partial charge in [0.2, 0.25) is 0 Å². The number of hydrogen-bond donors (Lipinski definition) is 3. The van der Waals surface area contributed by atoms with Crippen LogP contribution in [0.1, 0.15) is 28.2 Å². The number of alkyl halides is 3. The van der Waals surface area contributed by atoms with Crippen LogP contribution in [-0.4, -0.2) is 33.1 Å². The zero-order chi connectivity index (χ0) is 18.9. The van der Waals surface area contributed by atoms with E-state index in [1.54, 1.807) is 0 Å². The Morgan fingerprint density at radius 2 is 2.08 bits per heavy atom. The average Bonchev–Trinajstić information content (AvgIpc) is 3.10. The minimum atomic E-state index is -4.60. The summed E-state index contributed by atoms with van der Waals surface area (Å²) in [6.07, 6.45) is 0.811. The van der Waals surface area contributed by atoms with Gasteiger partial charge in [-0.25, -0.2) is 5.43 Å². The monoisotopic (exact) mass is 364 g/mol. The molecular formula is C16H15F3N6O. The number of H-pyrrole nitrogens is 1. The van der Waals surface area contributed by atoms with Gasteiger partial charge in [0.1, 0.15) is 11.4 Å². The number of rotatable bonds is 4. The first kappa shape index (κ1) is 17.8. The molecule has 2 aromatic rings. The summed E-state index contributed by atoms with van der Waals surface area (Å²) in [5.41, 5.74) is 7.44. The Hall–Kier alpha value is -3.01. The second-order valence-electron chi connectivity index (χ2n) is 5.60. The molecule has 2 aromatic heterocycles. The van der Waals surface area contributed by atoms with E-state index in [9.17, 15) is 18.0 Å². The number of aromatic nitrogens is 3. The fourth-order valence-electron chi connectivity index (χ4n) is 2.81. The Morgan fingerprint density at radius 3 is 2.69 bits per heavy atom. The Balaban J connectivity index is 2.13. The molecule has 1 aliphatic rings. The van der Waals surface area contributed by atoms with Gasteiger partial charge < -0.3 is 10.7 Å². The fraction of sp³-hybridized carbons (Fsp3) is 0.250. The summed E-state index contributed by atoms with van der Waals surface area (Å²) in [6.45, 7) is 1.61. The molecule has 0 aromatic carbocycles. The van der Waals surface area contributed by atoms with Crippen molar-refractivity contribution in [2.24, 2.45) is 10.8 Å². The minimum Gasteiger partial charge on any atom is -0.358 e. The largest absolute Gasteiger partial charge is 0.418 e. The molecular weight excluding hydrogens is 349 g/mol. The predicted octanol–water partition coefficient (Wildman–Crippen LogP) is 1.55. The molecule has 10 heteroatoms. The summed E-state index contributed by atoms with van der Waals surface area (Å²) < 4.78 is 40.8. The molecule has 0 unspecified atom stereocenters. The molecule has 26 heavy (non-hydrogen) atoms. The molecule has 3 rings (SSSR count). The molecule has 0 fully saturated rings. The third kappa shape index (κ3) is 3.23. The van der Waals surface area contributed by atoms with E-state index in [1.165, 1.54) is 25.5 Å². The summed E-state index contributed by atoms with van der Waals surface area (Å²) in [5.74, 6) is -0.619. The van der Waals surface area contributed by atoms with Crippen LogP contribution in [0.25, 0.3) is 6.08 Å². The number of halogens is 3. The van der Waals surface area contributed by atoms with Crippen LogP contribution in [-0.2, 0) is 17.4 Å². The van der Waals surface area contributed by atoms with Crippen molar-refractivity contribution in [2.75, 3.05) is 6.54 Å².